The van der Waals surface area contributed by atoms with Gasteiger partial charge in [0, 0.05) is 6.61 Å². The quantitative estimate of drug-likeness (QED) is 0.576. The molecule has 4 nitrogen and oxygen atoms in total. The number of hydrogen-bond acceptors (Lipinski definition) is 3. The molecule has 1 unspecified atom stereocenters. The van der Waals surface area contributed by atoms with Crippen LogP contribution in [0.1, 0.15) is 33.1 Å². The Balaban J connectivity index is 3.88. The van der Waals surface area contributed by atoms with Crippen molar-refractivity contribution in [2.75, 3.05) is 19.8 Å². The molecular formula is C11H22F2N2O2. The number of halogens is 2. The van der Waals surface area contributed by atoms with Crippen molar-refractivity contribution in [2.45, 2.75) is 45.1 Å². The van der Waals surface area contributed by atoms with Crippen LogP contribution in [0.2, 0.25) is 0 Å². The first-order valence-electron chi connectivity index (χ1n) is 5.83. The zero-order valence-electron chi connectivity index (χ0n) is 10.5. The molecule has 0 aromatic heterocycles. The largest absolute Gasteiger partial charge is 0.376 e. The topological polar surface area (TPSA) is 64.3 Å². The fraction of sp³-hybridized carbons (Fsp3) is 0.909. The van der Waals surface area contributed by atoms with Crippen LogP contribution in [0, 0.1) is 0 Å². The van der Waals surface area contributed by atoms with E-state index in [4.69, 9.17) is 10.5 Å². The lowest BCUT2D eigenvalue weighted by Gasteiger charge is -2.27. The molecule has 0 saturated heterocycles. The van der Waals surface area contributed by atoms with E-state index in [2.05, 4.69) is 5.32 Å². The highest BCUT2D eigenvalue weighted by molar-refractivity contribution is 5.84. The Kier molecular flexibility index (Phi) is 7.99. The number of nitrogens with one attached hydrogen (secondary N) is 1. The van der Waals surface area contributed by atoms with Crippen molar-refractivity contribution in [1.82, 2.24) is 5.32 Å². The Morgan fingerprint density at radius 1 is 1.53 bits per heavy atom. The van der Waals surface area contributed by atoms with Crippen molar-refractivity contribution in [1.29, 1.82) is 0 Å². The van der Waals surface area contributed by atoms with Gasteiger partial charge in [0.15, 0.2) is 0 Å². The second-order valence-corrected chi connectivity index (χ2v) is 4.19. The summed E-state index contributed by atoms with van der Waals surface area (Å²) < 4.78 is 28.3. The number of rotatable bonds is 10. The number of hydrogen-bond donors (Lipinski definition) is 2. The molecule has 0 aliphatic carbocycles. The molecule has 3 N–H and O–H groups in total. The van der Waals surface area contributed by atoms with Gasteiger partial charge < -0.3 is 15.8 Å². The minimum atomic E-state index is -2.45. The number of primary amides is 1. The molecule has 0 aromatic carbocycles. The predicted octanol–water partition coefficient (Wildman–Crippen LogP) is 1.29. The summed E-state index contributed by atoms with van der Waals surface area (Å²) in [5.41, 5.74) is 4.52. The average molecular weight is 252 g/mol. The molecule has 0 saturated carbocycles. The maximum atomic E-state index is 11.8. The van der Waals surface area contributed by atoms with E-state index in [0.29, 0.717) is 19.4 Å². The van der Waals surface area contributed by atoms with Crippen LogP contribution in [0.3, 0.4) is 0 Å². The molecule has 0 aliphatic heterocycles. The fourth-order valence-corrected chi connectivity index (χ4v) is 1.40. The van der Waals surface area contributed by atoms with Crippen LogP contribution >= 0.6 is 0 Å². The molecule has 6 heteroatoms. The van der Waals surface area contributed by atoms with Gasteiger partial charge in [0.2, 0.25) is 5.91 Å². The number of amides is 1. The molecule has 0 heterocycles. The maximum absolute atomic E-state index is 11.8. The third-order valence-corrected chi connectivity index (χ3v) is 2.52. The molecule has 1 atom stereocenters. The maximum Gasteiger partial charge on any atom is 0.261 e. The average Bonchev–Trinajstić information content (AvgIpc) is 2.25. The normalized spacial score (nSPS) is 14.9. The zero-order chi connectivity index (χ0) is 13.3. The van der Waals surface area contributed by atoms with Crippen LogP contribution in [0.4, 0.5) is 8.78 Å². The van der Waals surface area contributed by atoms with Crippen LogP contribution in [0.15, 0.2) is 0 Å². The highest BCUT2D eigenvalue weighted by Gasteiger charge is 2.29. The first kappa shape index (κ1) is 16.2. The molecule has 102 valence electrons. The summed E-state index contributed by atoms with van der Waals surface area (Å²) in [7, 11) is 0. The van der Waals surface area contributed by atoms with E-state index < -0.39 is 24.5 Å². The number of ether oxygens (including phenoxy) is 1. The van der Waals surface area contributed by atoms with Gasteiger partial charge in [-0.3, -0.25) is 4.79 Å². The Labute approximate surface area is 101 Å². The monoisotopic (exact) mass is 252 g/mol. The zero-order valence-corrected chi connectivity index (χ0v) is 10.5. The van der Waals surface area contributed by atoms with E-state index in [1.807, 2.05) is 6.92 Å². The lowest BCUT2D eigenvalue weighted by atomic mass is 9.95. The van der Waals surface area contributed by atoms with Crippen LogP contribution < -0.4 is 11.1 Å². The smallest absolute Gasteiger partial charge is 0.261 e. The highest BCUT2D eigenvalue weighted by atomic mass is 19.3. The van der Waals surface area contributed by atoms with Crippen molar-refractivity contribution >= 4 is 5.91 Å². The molecule has 17 heavy (non-hydrogen) atoms. The lowest BCUT2D eigenvalue weighted by molar-refractivity contribution is -0.124. The van der Waals surface area contributed by atoms with Gasteiger partial charge in [-0.05, 0) is 32.7 Å². The van der Waals surface area contributed by atoms with E-state index >= 15 is 0 Å². The summed E-state index contributed by atoms with van der Waals surface area (Å²) in [4.78, 5) is 11.3. The second kappa shape index (κ2) is 8.36. The van der Waals surface area contributed by atoms with Gasteiger partial charge in [0.05, 0.1) is 5.54 Å². The Morgan fingerprint density at radius 2 is 2.18 bits per heavy atom. The van der Waals surface area contributed by atoms with E-state index in [0.717, 1.165) is 6.42 Å². The van der Waals surface area contributed by atoms with Gasteiger partial charge in [-0.15, -0.1) is 0 Å². The van der Waals surface area contributed by atoms with Crippen LogP contribution in [-0.4, -0.2) is 37.6 Å². The van der Waals surface area contributed by atoms with Crippen LogP contribution in [-0.2, 0) is 9.53 Å². The summed E-state index contributed by atoms with van der Waals surface area (Å²) in [5, 5.41) is 3.07. The van der Waals surface area contributed by atoms with E-state index in [9.17, 15) is 13.6 Å². The Morgan fingerprint density at radius 3 is 2.65 bits per heavy atom. The molecule has 0 fully saturated rings. The number of nitrogens with two attached hydrogens (primary N) is 1. The molecule has 1 amide bonds. The number of carbonyl (C=O) groups excluding carboxylic acids is 1. The fourth-order valence-electron chi connectivity index (χ4n) is 1.40. The standard InChI is InChI=1S/C11H22F2N2O2/c1-3-6-15-11(2,10(14)16)5-4-7-17-8-9(12)13/h9,15H,3-8H2,1-2H3,(H2,14,16). The second-order valence-electron chi connectivity index (χ2n) is 4.19. The van der Waals surface area contributed by atoms with Crippen LogP contribution in [0.5, 0.6) is 0 Å². The summed E-state index contributed by atoms with van der Waals surface area (Å²) in [6.07, 6.45) is -0.560. The number of alkyl halides is 2. The first-order valence-corrected chi connectivity index (χ1v) is 5.83. The van der Waals surface area contributed by atoms with E-state index in [-0.39, 0.29) is 6.61 Å². The molecule has 0 radical (unpaired) electrons. The molecule has 0 aromatic rings. The lowest BCUT2D eigenvalue weighted by Crippen LogP contribution is -2.53. The van der Waals surface area contributed by atoms with E-state index in [1.54, 1.807) is 6.92 Å². The molecule has 0 rings (SSSR count). The summed E-state index contributed by atoms with van der Waals surface area (Å²) >= 11 is 0. The van der Waals surface area contributed by atoms with Crippen molar-refractivity contribution in [2.24, 2.45) is 5.73 Å². The minimum absolute atomic E-state index is 0.209. The first-order chi connectivity index (χ1) is 7.92. The van der Waals surface area contributed by atoms with Gasteiger partial charge in [-0.1, -0.05) is 6.92 Å². The molecule has 0 aliphatic rings. The summed E-state index contributed by atoms with van der Waals surface area (Å²) in [5.74, 6) is -0.431. The van der Waals surface area contributed by atoms with Crippen molar-refractivity contribution < 1.29 is 18.3 Å². The van der Waals surface area contributed by atoms with Crippen molar-refractivity contribution in [3.05, 3.63) is 0 Å². The van der Waals surface area contributed by atoms with Gasteiger partial charge in [0.25, 0.3) is 6.43 Å². The van der Waals surface area contributed by atoms with Gasteiger partial charge in [0.1, 0.15) is 6.61 Å². The highest BCUT2D eigenvalue weighted by Crippen LogP contribution is 2.12. The SMILES string of the molecule is CCCNC(C)(CCCOCC(F)F)C(N)=O. The number of carbonyl (C=O) groups is 1. The van der Waals surface area contributed by atoms with Crippen LogP contribution in [0.25, 0.3) is 0 Å². The summed E-state index contributed by atoms with van der Waals surface area (Å²) in [6.45, 7) is 4.05. The van der Waals surface area contributed by atoms with Crippen molar-refractivity contribution in [3.63, 3.8) is 0 Å². The van der Waals surface area contributed by atoms with Gasteiger partial charge >= 0.3 is 0 Å². The Bertz CT molecular complexity index is 228. The third kappa shape index (κ3) is 7.23. The molecular weight excluding hydrogens is 230 g/mol. The third-order valence-electron chi connectivity index (χ3n) is 2.52. The summed E-state index contributed by atoms with van der Waals surface area (Å²) in [6, 6.07) is 0. The van der Waals surface area contributed by atoms with Crippen molar-refractivity contribution in [3.8, 4) is 0 Å². The van der Waals surface area contributed by atoms with Gasteiger partial charge in [-0.25, -0.2) is 8.78 Å². The van der Waals surface area contributed by atoms with Gasteiger partial charge in [-0.2, -0.15) is 0 Å². The van der Waals surface area contributed by atoms with E-state index in [1.165, 1.54) is 0 Å². The predicted molar refractivity (Wildman–Crippen MR) is 62.0 cm³/mol. The molecule has 0 spiro atoms. The Hall–Kier alpha value is -0.750. The molecule has 0 bridgehead atoms. The minimum Gasteiger partial charge on any atom is -0.376 e.